The molecule has 6 rings (SSSR count). The van der Waals surface area contributed by atoms with E-state index < -0.39 is 62.9 Å². The number of amides is 1. The van der Waals surface area contributed by atoms with E-state index in [0.29, 0.717) is 185 Å². The van der Waals surface area contributed by atoms with Crippen LogP contribution >= 0.6 is 0 Å². The van der Waals surface area contributed by atoms with Crippen molar-refractivity contribution in [2.45, 2.75) is 211 Å². The van der Waals surface area contributed by atoms with Crippen LogP contribution in [0, 0.1) is 10.8 Å². The average molecular weight is 1950 g/mol. The Balaban J connectivity index is 0.000000848. The highest BCUT2D eigenvalue weighted by molar-refractivity contribution is 6.41. The van der Waals surface area contributed by atoms with E-state index in [-0.39, 0.29) is 119 Å². The number of ether oxygens (including phenoxy) is 9. The molecule has 0 bridgehead atoms. The van der Waals surface area contributed by atoms with Crippen molar-refractivity contribution >= 4 is 105 Å². The molecule has 0 heterocycles. The highest BCUT2D eigenvalue weighted by Crippen LogP contribution is 2.29. The number of methoxy groups -OCH3 is 1. The lowest BCUT2D eigenvalue weighted by Crippen LogP contribution is -2.30. The number of hydrogen-bond acceptors (Lipinski definition) is 30. The third-order valence-corrected chi connectivity index (χ3v) is 19.9. The first-order chi connectivity index (χ1) is 66.0. The smallest absolute Gasteiger partial charge is 0.379 e. The van der Waals surface area contributed by atoms with Crippen LogP contribution in [-0.2, 0) is 71.7 Å². The fourth-order valence-corrected chi connectivity index (χ4v) is 11.5. The first-order valence-electron chi connectivity index (χ1n) is 45.6. The maximum atomic E-state index is 12.3. The number of ketones is 14. The standard InChI is InChI=1S/C22H30O5.C21H28O5.C18H23NO5.C17H20O5.2C16H18O5/c1-15(2)18(23)14-21(3,4)19(24)8-7-13-27-17-11-9-16(10-12-17)20(25)22(5,6)26;1-6-16(22)14-20(2,3)18(23)8-7-13-26-17-11-9-15(10-12-17)19(24)21(4,5)25;1-4-16(21)19-12-14(20)6-5-11-24-15-9-7-13(8-10-15)17(22)18(2,3)23;1-4-21-17(20)16(19)13-7-9-14(10-8-13)22-11-5-6-15(18)12(2)3;1-11(2)14(17)5-4-10-21-13-8-6-12(7-9-13)15(18)16(19)20-3;1-3-13(17)6-5-11-21-14-9-7-12(8-10-14)15(18)16(19)20-4-2/h9-12,26H,1,7-8,13-14H2,2-6H3;6,9-12,25H,1,7-8,13-14H2,2-5H3;4,7-10,23H,1,5-6,11-12H2,2-3H3,(H,19,21);7-10H,2,4-6,11H2,1,3H3;6-9H,1,4-5,10H2,2-3H3;3,7-10H,1,4-6,11H2,2H3. The number of benzene rings is 6. The van der Waals surface area contributed by atoms with E-state index in [9.17, 15) is 102 Å². The normalized spacial score (nSPS) is 10.7. The molecule has 0 aliphatic heterocycles. The Hall–Kier alpha value is -14.3. The number of hydrogen-bond donors (Lipinski definition) is 4. The quantitative estimate of drug-likeness (QED) is 0.00688. The lowest BCUT2D eigenvalue weighted by molar-refractivity contribution is -0.138. The molecule has 0 atom stereocenters. The molecule has 6 aromatic rings. The van der Waals surface area contributed by atoms with Crippen molar-refractivity contribution in [1.82, 2.24) is 5.32 Å². The van der Waals surface area contributed by atoms with Crippen molar-refractivity contribution in [3.8, 4) is 34.5 Å². The minimum absolute atomic E-state index is 0.0153. The van der Waals surface area contributed by atoms with E-state index in [1.807, 2.05) is 0 Å². The van der Waals surface area contributed by atoms with Crippen LogP contribution < -0.4 is 33.7 Å². The molecular formula is C110H137NO30. The molecule has 31 heteroatoms. The minimum atomic E-state index is -1.42. The van der Waals surface area contributed by atoms with Crippen molar-refractivity contribution < 1.29 is 144 Å². The zero-order chi connectivity index (χ0) is 107. The Morgan fingerprint density at radius 1 is 0.319 bits per heavy atom. The SMILES string of the molecule is C=C(C)C(=O)CC(C)(C)C(=O)CCCOc1ccc(C(=O)C(C)(C)O)cc1.C=C(C)C(=O)CCCOc1ccc(C(=O)C(=O)OC)cc1.C=C(C)C(=O)CCCOc1ccc(C(=O)C(=O)OCC)cc1.C=CC(=O)CC(C)(C)C(=O)CCCOc1ccc(C(=O)C(C)(C)O)cc1.C=CC(=O)CCCOc1ccc(C(=O)C(=O)OCC)cc1.C=CC(=O)NCC(=O)CCCOc1ccc(C(=O)C(C)(C)O)cc1. The summed E-state index contributed by atoms with van der Waals surface area (Å²) in [4.78, 5) is 208. The lowest BCUT2D eigenvalue weighted by Gasteiger charge is -2.22. The summed E-state index contributed by atoms with van der Waals surface area (Å²) >= 11 is 0. The molecular weight excluding hydrogens is 1820 g/mol. The molecule has 0 saturated carbocycles. The van der Waals surface area contributed by atoms with Gasteiger partial charge in [-0.1, -0.05) is 67.2 Å². The van der Waals surface area contributed by atoms with E-state index in [0.717, 1.165) is 13.2 Å². The molecule has 0 fully saturated rings. The number of allylic oxidation sites excluding steroid dienone is 5. The van der Waals surface area contributed by atoms with Gasteiger partial charge in [0.1, 0.15) is 62.9 Å². The van der Waals surface area contributed by atoms with Gasteiger partial charge in [0, 0.05) is 95.6 Å². The molecule has 31 nitrogen and oxygen atoms in total. The summed E-state index contributed by atoms with van der Waals surface area (Å²) in [7, 11) is 1.16. The summed E-state index contributed by atoms with van der Waals surface area (Å²) in [5.74, 6) is -2.91. The molecule has 762 valence electrons. The van der Waals surface area contributed by atoms with Gasteiger partial charge in [-0.15, -0.1) is 0 Å². The zero-order valence-corrected chi connectivity index (χ0v) is 84.0. The summed E-state index contributed by atoms with van der Waals surface area (Å²) in [6.45, 7) is 47.5. The molecule has 0 spiro atoms. The summed E-state index contributed by atoms with van der Waals surface area (Å²) < 4.78 is 46.7. The molecule has 141 heavy (non-hydrogen) atoms. The van der Waals surface area contributed by atoms with Crippen LogP contribution in [0.2, 0.25) is 0 Å². The zero-order valence-electron chi connectivity index (χ0n) is 84.0. The van der Waals surface area contributed by atoms with Crippen molar-refractivity contribution in [2.24, 2.45) is 10.8 Å². The first kappa shape index (κ1) is 125. The van der Waals surface area contributed by atoms with Gasteiger partial charge in [0.2, 0.25) is 5.91 Å². The Kier molecular flexibility index (Phi) is 56.6. The molecule has 0 aromatic heterocycles. The van der Waals surface area contributed by atoms with Gasteiger partial charge < -0.3 is 63.3 Å². The van der Waals surface area contributed by atoms with Crippen LogP contribution in [0.4, 0.5) is 0 Å². The van der Waals surface area contributed by atoms with Crippen LogP contribution in [0.5, 0.6) is 34.5 Å². The van der Waals surface area contributed by atoms with Crippen molar-refractivity contribution in [2.75, 3.05) is 66.5 Å². The number of rotatable bonds is 58. The summed E-state index contributed by atoms with van der Waals surface area (Å²) in [5, 5.41) is 31.6. The van der Waals surface area contributed by atoms with Gasteiger partial charge in [-0.25, -0.2) is 14.4 Å². The van der Waals surface area contributed by atoms with Gasteiger partial charge in [0.25, 0.3) is 17.3 Å². The van der Waals surface area contributed by atoms with E-state index >= 15 is 0 Å². The predicted octanol–water partition coefficient (Wildman–Crippen LogP) is 16.6. The van der Waals surface area contributed by atoms with Crippen LogP contribution in [0.25, 0.3) is 0 Å². The van der Waals surface area contributed by atoms with Crippen molar-refractivity contribution in [3.63, 3.8) is 0 Å². The Morgan fingerprint density at radius 3 is 0.816 bits per heavy atom. The van der Waals surface area contributed by atoms with Gasteiger partial charge in [0.05, 0.1) is 66.5 Å². The third-order valence-electron chi connectivity index (χ3n) is 19.9. The van der Waals surface area contributed by atoms with Gasteiger partial charge in [-0.3, -0.25) is 71.9 Å². The van der Waals surface area contributed by atoms with Crippen molar-refractivity contribution in [3.05, 3.63) is 253 Å². The van der Waals surface area contributed by atoms with Gasteiger partial charge in [0.15, 0.2) is 52.0 Å². The second-order valence-electron chi connectivity index (χ2n) is 34.8. The fourth-order valence-electron chi connectivity index (χ4n) is 11.5. The molecule has 0 radical (unpaired) electrons. The number of esters is 3. The second kappa shape index (κ2) is 64.0. The maximum absolute atomic E-state index is 12.3. The monoisotopic (exact) mass is 1950 g/mol. The summed E-state index contributed by atoms with van der Waals surface area (Å²) in [6, 6.07) is 38.1. The molecule has 0 unspecified atom stereocenters. The Labute approximate surface area is 825 Å². The Bertz CT molecular complexity index is 5280. The second-order valence-corrected chi connectivity index (χ2v) is 34.8. The molecule has 1 amide bonds. The Morgan fingerprint density at radius 2 is 0.567 bits per heavy atom. The lowest BCUT2D eigenvalue weighted by atomic mass is 9.80. The van der Waals surface area contributed by atoms with Gasteiger partial charge >= 0.3 is 17.9 Å². The predicted molar refractivity (Wildman–Crippen MR) is 532 cm³/mol. The topological polar surface area (TPSA) is 463 Å². The van der Waals surface area contributed by atoms with Crippen LogP contribution in [0.3, 0.4) is 0 Å². The minimum Gasteiger partial charge on any atom is -0.494 e. The molecule has 6 aromatic carbocycles. The van der Waals surface area contributed by atoms with Crippen LogP contribution in [0.15, 0.2) is 220 Å². The highest BCUT2D eigenvalue weighted by Gasteiger charge is 2.33. The van der Waals surface area contributed by atoms with Crippen LogP contribution in [-0.4, -0.2) is 203 Å². The van der Waals surface area contributed by atoms with Gasteiger partial charge in [-0.05, 0) is 295 Å². The molecule has 0 aliphatic rings. The fraction of sp³-hybridized carbons (Fsp3) is 0.400. The third kappa shape index (κ3) is 50.7. The maximum Gasteiger partial charge on any atom is 0.379 e. The van der Waals surface area contributed by atoms with Gasteiger partial charge in [-0.2, -0.15) is 0 Å². The number of carbonyl (C=O) groups excluding carboxylic acids is 18. The molecule has 0 aliphatic carbocycles. The number of aliphatic hydroxyl groups is 3. The van der Waals surface area contributed by atoms with E-state index in [1.54, 1.807) is 172 Å². The molecule has 0 saturated heterocycles. The van der Waals surface area contributed by atoms with E-state index in [2.05, 4.69) is 59.0 Å². The number of nitrogens with one attached hydrogen (secondary N) is 1. The van der Waals surface area contributed by atoms with E-state index in [1.165, 1.54) is 90.1 Å². The first-order valence-corrected chi connectivity index (χ1v) is 45.6. The summed E-state index contributed by atoms with van der Waals surface area (Å²) in [6.07, 6.45) is 9.47. The highest BCUT2D eigenvalue weighted by atomic mass is 16.5. The van der Waals surface area contributed by atoms with Crippen LogP contribution in [0.1, 0.15) is 256 Å². The largest absolute Gasteiger partial charge is 0.494 e. The van der Waals surface area contributed by atoms with E-state index in [4.69, 9.17) is 28.4 Å². The molecule has 4 N–H and O–H groups in total. The number of carbonyl (C=O) groups is 18. The number of Topliss-reactive ketones (excluding diaryl/α,β-unsaturated/α-hetero) is 12. The van der Waals surface area contributed by atoms with Crippen molar-refractivity contribution in [1.29, 1.82) is 0 Å². The average Bonchev–Trinajstić information content (AvgIpc) is 0.874. The summed E-state index contributed by atoms with van der Waals surface area (Å²) in [5.41, 5.74) is -2.14.